The molecule has 0 atom stereocenters. The molecule has 0 aliphatic carbocycles. The number of para-hydroxylation sites is 1. The second-order valence-corrected chi connectivity index (χ2v) is 7.75. The van der Waals surface area contributed by atoms with Gasteiger partial charge in [-0.1, -0.05) is 12.1 Å². The maximum absolute atomic E-state index is 13.5. The number of methoxy groups -OCH3 is 1. The van der Waals surface area contributed by atoms with Gasteiger partial charge in [-0.15, -0.1) is 0 Å². The molecule has 2 aromatic carbocycles. The van der Waals surface area contributed by atoms with Crippen LogP contribution in [0.4, 0.5) is 0 Å². The van der Waals surface area contributed by atoms with Crippen molar-refractivity contribution in [1.29, 1.82) is 0 Å². The molecule has 35 heavy (non-hydrogen) atoms. The number of hydrogen-bond donors (Lipinski definition) is 2. The van der Waals surface area contributed by atoms with Gasteiger partial charge in [0, 0.05) is 19.2 Å². The number of aromatic nitrogens is 3. The summed E-state index contributed by atoms with van der Waals surface area (Å²) in [5, 5.41) is 9.74. The van der Waals surface area contributed by atoms with Crippen molar-refractivity contribution in [1.82, 2.24) is 30.3 Å². The van der Waals surface area contributed by atoms with Crippen molar-refractivity contribution in [2.45, 2.75) is 6.42 Å². The Bertz CT molecular complexity index is 1200. The number of nitrogens with zero attached hydrogens (tertiary/aromatic N) is 4. The van der Waals surface area contributed by atoms with Crippen molar-refractivity contribution in [3.63, 3.8) is 0 Å². The summed E-state index contributed by atoms with van der Waals surface area (Å²) in [7, 11) is 1.53. The van der Waals surface area contributed by atoms with Crippen LogP contribution in [0.1, 0.15) is 27.1 Å². The number of carbonyl (C=O) groups excluding carboxylic acids is 3. The minimum Gasteiger partial charge on any atom is -0.497 e. The highest BCUT2D eigenvalue weighted by Gasteiger charge is 2.23. The minimum atomic E-state index is -0.321. The lowest BCUT2D eigenvalue weighted by Crippen LogP contribution is -2.43. The number of nitrogens with one attached hydrogen (secondary N) is 2. The Morgan fingerprint density at radius 1 is 1.11 bits per heavy atom. The molecular formula is C24H26N6O5. The topological polar surface area (TPSA) is 128 Å². The van der Waals surface area contributed by atoms with Crippen LogP contribution in [0.15, 0.2) is 55.1 Å². The summed E-state index contributed by atoms with van der Waals surface area (Å²) in [4.78, 5) is 44.2. The lowest BCUT2D eigenvalue weighted by Gasteiger charge is -2.24. The third-order valence-electron chi connectivity index (χ3n) is 5.43. The van der Waals surface area contributed by atoms with Gasteiger partial charge in [0.25, 0.3) is 11.8 Å². The van der Waals surface area contributed by atoms with Crippen LogP contribution in [0, 0.1) is 0 Å². The minimum absolute atomic E-state index is 0.136. The molecule has 0 fully saturated rings. The van der Waals surface area contributed by atoms with E-state index in [0.717, 1.165) is 0 Å². The number of benzene rings is 2. The molecule has 1 aromatic heterocycles. The average molecular weight is 479 g/mol. The zero-order chi connectivity index (χ0) is 24.6. The Balaban J connectivity index is 1.52. The first kappa shape index (κ1) is 23.7. The summed E-state index contributed by atoms with van der Waals surface area (Å²) in [5.74, 6) is 0.000345. The van der Waals surface area contributed by atoms with Crippen LogP contribution in [0.3, 0.4) is 0 Å². The van der Waals surface area contributed by atoms with Crippen LogP contribution in [0.5, 0.6) is 11.5 Å². The molecule has 11 nitrogen and oxygen atoms in total. The highest BCUT2D eigenvalue weighted by atomic mass is 16.5. The lowest BCUT2D eigenvalue weighted by atomic mass is 10.1. The molecule has 0 radical (unpaired) electrons. The zero-order valence-electron chi connectivity index (χ0n) is 19.3. The summed E-state index contributed by atoms with van der Waals surface area (Å²) in [6.45, 7) is 0.782. The monoisotopic (exact) mass is 478 g/mol. The van der Waals surface area contributed by atoms with Crippen molar-refractivity contribution in [3.05, 3.63) is 66.2 Å². The molecule has 1 aliphatic heterocycles. The Morgan fingerprint density at radius 2 is 1.97 bits per heavy atom. The molecule has 182 valence electrons. The highest BCUT2D eigenvalue weighted by molar-refractivity contribution is 5.99. The van der Waals surface area contributed by atoms with E-state index in [1.165, 1.54) is 29.3 Å². The summed E-state index contributed by atoms with van der Waals surface area (Å²) >= 11 is 0. The number of carbonyl (C=O) groups is 3. The van der Waals surface area contributed by atoms with Gasteiger partial charge in [-0.05, 0) is 30.7 Å². The molecular weight excluding hydrogens is 452 g/mol. The Labute approximate surface area is 202 Å². The van der Waals surface area contributed by atoms with E-state index >= 15 is 0 Å². The molecule has 1 aliphatic rings. The van der Waals surface area contributed by atoms with E-state index in [4.69, 9.17) is 9.47 Å². The number of rotatable bonds is 3. The Morgan fingerprint density at radius 3 is 2.77 bits per heavy atom. The van der Waals surface area contributed by atoms with Crippen molar-refractivity contribution >= 4 is 17.7 Å². The van der Waals surface area contributed by atoms with Gasteiger partial charge < -0.3 is 25.0 Å². The number of hydrogen-bond acceptors (Lipinski definition) is 7. The van der Waals surface area contributed by atoms with Crippen LogP contribution in [-0.2, 0) is 4.79 Å². The van der Waals surface area contributed by atoms with Gasteiger partial charge in [0.15, 0.2) is 0 Å². The third kappa shape index (κ3) is 5.75. The second-order valence-electron chi connectivity index (χ2n) is 7.75. The van der Waals surface area contributed by atoms with E-state index in [0.29, 0.717) is 41.3 Å². The van der Waals surface area contributed by atoms with Gasteiger partial charge in [-0.25, -0.2) is 9.67 Å². The van der Waals surface area contributed by atoms with Crippen molar-refractivity contribution in [3.8, 4) is 17.2 Å². The molecule has 0 saturated heterocycles. The average Bonchev–Trinajstić information content (AvgIpc) is 3.42. The van der Waals surface area contributed by atoms with Crippen molar-refractivity contribution < 1.29 is 23.9 Å². The summed E-state index contributed by atoms with van der Waals surface area (Å²) < 4.78 is 12.5. The molecule has 0 spiro atoms. The van der Waals surface area contributed by atoms with Crippen LogP contribution in [0.25, 0.3) is 5.69 Å². The van der Waals surface area contributed by atoms with Gasteiger partial charge in [0.05, 0.1) is 37.0 Å². The maximum atomic E-state index is 13.5. The fourth-order valence-corrected chi connectivity index (χ4v) is 3.69. The zero-order valence-corrected chi connectivity index (χ0v) is 19.3. The van der Waals surface area contributed by atoms with E-state index in [9.17, 15) is 14.4 Å². The number of fused-ring (bicyclic) bond motifs is 1. The smallest absolute Gasteiger partial charge is 0.256 e. The van der Waals surface area contributed by atoms with E-state index in [1.54, 1.807) is 42.5 Å². The molecule has 3 aromatic rings. The quantitative estimate of drug-likeness (QED) is 0.576. The highest BCUT2D eigenvalue weighted by Crippen LogP contribution is 2.25. The van der Waals surface area contributed by atoms with Crippen molar-refractivity contribution in [2.24, 2.45) is 0 Å². The summed E-state index contributed by atoms with van der Waals surface area (Å²) in [5.41, 5.74) is 1.31. The molecule has 0 saturated carbocycles. The van der Waals surface area contributed by atoms with E-state index in [1.807, 2.05) is 0 Å². The predicted octanol–water partition coefficient (Wildman–Crippen LogP) is 1.05. The molecule has 2 heterocycles. The lowest BCUT2D eigenvalue weighted by molar-refractivity contribution is -0.121. The molecule has 0 bridgehead atoms. The van der Waals surface area contributed by atoms with E-state index in [-0.39, 0.29) is 44.0 Å². The largest absolute Gasteiger partial charge is 0.497 e. The van der Waals surface area contributed by atoms with Crippen LogP contribution < -0.4 is 20.1 Å². The third-order valence-corrected chi connectivity index (χ3v) is 5.43. The Kier molecular flexibility index (Phi) is 7.56. The first-order chi connectivity index (χ1) is 17.1. The van der Waals surface area contributed by atoms with Crippen LogP contribution in [-0.4, -0.2) is 77.3 Å². The van der Waals surface area contributed by atoms with Gasteiger partial charge in [-0.3, -0.25) is 14.4 Å². The van der Waals surface area contributed by atoms with Gasteiger partial charge in [-0.2, -0.15) is 5.10 Å². The normalized spacial score (nSPS) is 15.2. The van der Waals surface area contributed by atoms with Gasteiger partial charge in [0.1, 0.15) is 30.8 Å². The predicted molar refractivity (Wildman–Crippen MR) is 126 cm³/mol. The molecule has 2 N–H and O–H groups in total. The molecule has 4 rings (SSSR count). The van der Waals surface area contributed by atoms with E-state index < -0.39 is 0 Å². The first-order valence-electron chi connectivity index (χ1n) is 11.2. The fourth-order valence-electron chi connectivity index (χ4n) is 3.69. The molecule has 3 amide bonds. The van der Waals surface area contributed by atoms with Gasteiger partial charge >= 0.3 is 0 Å². The number of ether oxygens (including phenoxy) is 2. The standard InChI is InChI=1S/C24H26N6O5/c1-34-17-7-8-19-21(13-17)35-12-10-26-22(31)14-29(11-4-9-27-23(19)32)24(33)18-5-2-3-6-20(18)30-16-25-15-28-30/h2-3,5-8,13,15-16H,4,9-12,14H2,1H3,(H,26,31)(H,27,32). The maximum Gasteiger partial charge on any atom is 0.256 e. The second kappa shape index (κ2) is 11.1. The number of amides is 3. The molecule has 0 unspecified atom stereocenters. The van der Waals surface area contributed by atoms with E-state index in [2.05, 4.69) is 20.7 Å². The van der Waals surface area contributed by atoms with Crippen molar-refractivity contribution in [2.75, 3.05) is 39.9 Å². The summed E-state index contributed by atoms with van der Waals surface area (Å²) in [6, 6.07) is 11.9. The fraction of sp³-hybridized carbons (Fsp3) is 0.292. The van der Waals surface area contributed by atoms with Crippen LogP contribution >= 0.6 is 0 Å². The Hall–Kier alpha value is -4.41. The molecule has 11 heteroatoms. The van der Waals surface area contributed by atoms with Crippen LogP contribution in [0.2, 0.25) is 0 Å². The van der Waals surface area contributed by atoms with Gasteiger partial charge in [0.2, 0.25) is 5.91 Å². The first-order valence-corrected chi connectivity index (χ1v) is 11.2. The summed E-state index contributed by atoms with van der Waals surface area (Å²) in [6.07, 6.45) is 3.34. The SMILES string of the molecule is COc1ccc2c(c1)OCCNC(=O)CN(C(=O)c1ccccc1-n1cncn1)CCCNC2=O.